The number of rotatable bonds is 0. The molecule has 0 atom stereocenters. The first kappa shape index (κ1) is 51.4. The SMILES string of the molecule is CC(C)(C)C1CCC(O)CC1.CC(C)(C)Cl.OC1CCC(Br)CC1.OC1CCC(O)CC1.OC1CC[CH-]CC1.[Br-].[H-].[H-].[Mg+2].[Mg+2]. The van der Waals surface area contributed by atoms with Gasteiger partial charge in [0.2, 0.25) is 0 Å². The molecular formula is C32H65Br2ClMg2O5. The molecule has 4 rings (SSSR count). The maximum absolute atomic E-state index is 9.29. The van der Waals surface area contributed by atoms with Gasteiger partial charge >= 0.3 is 46.1 Å². The summed E-state index contributed by atoms with van der Waals surface area (Å²) in [4.78, 5) is 0.644. The van der Waals surface area contributed by atoms with Gasteiger partial charge in [-0.3, -0.25) is 0 Å². The second-order valence-corrected chi connectivity index (χ2v) is 16.3. The molecule has 248 valence electrons. The van der Waals surface area contributed by atoms with Crippen LogP contribution in [0.15, 0.2) is 0 Å². The van der Waals surface area contributed by atoms with Crippen molar-refractivity contribution in [1.29, 1.82) is 0 Å². The first-order chi connectivity index (χ1) is 18.0. The Kier molecular flexibility index (Phi) is 35.0. The van der Waals surface area contributed by atoms with E-state index in [0.717, 1.165) is 95.8 Å². The van der Waals surface area contributed by atoms with Gasteiger partial charge in [0.15, 0.2) is 0 Å². The fourth-order valence-electron chi connectivity index (χ4n) is 4.94. The van der Waals surface area contributed by atoms with E-state index in [4.69, 9.17) is 32.0 Å². The molecule has 0 spiro atoms. The van der Waals surface area contributed by atoms with Crippen LogP contribution in [0.5, 0.6) is 0 Å². The van der Waals surface area contributed by atoms with Gasteiger partial charge in [-0.15, -0.1) is 11.6 Å². The van der Waals surface area contributed by atoms with E-state index in [1.54, 1.807) is 0 Å². The summed E-state index contributed by atoms with van der Waals surface area (Å²) in [6.07, 6.45) is 18.0. The molecule has 42 heavy (non-hydrogen) atoms. The normalized spacial score (nSPS) is 29.6. The Morgan fingerprint density at radius 3 is 1.00 bits per heavy atom. The first-order valence-electron chi connectivity index (χ1n) is 15.5. The standard InChI is InChI=1S/C10H20O.C6H11BrO.C6H12O2.C6H11O.C4H9Cl.BrH.2Mg.2H/c1-10(2,3)8-4-6-9(11)7-5-8;7-5-1-3-6(8)4-2-5;7-5-1-2-6(8)4-3-5;7-6-4-2-1-3-5-6;1-4(2,3)5;;;;;/h8-9,11H,4-7H2,1-3H3;5-6,8H,1-4H2;5-8H,1-4H2;1,6-7H,2-5H2;1-3H3;1H;;;;/q;;;-1;;;2*+2;2*-1/p-1. The summed E-state index contributed by atoms with van der Waals surface area (Å²) >= 11 is 9.03. The molecule has 5 N–H and O–H groups in total. The number of aliphatic hydroxyl groups excluding tert-OH is 5. The van der Waals surface area contributed by atoms with Crippen molar-refractivity contribution in [1.82, 2.24) is 0 Å². The Labute approximate surface area is 318 Å². The minimum Gasteiger partial charge on any atom is -1.00 e. The van der Waals surface area contributed by atoms with E-state index in [2.05, 4.69) is 43.1 Å². The summed E-state index contributed by atoms with van der Waals surface area (Å²) in [6.45, 7) is 12.8. The van der Waals surface area contributed by atoms with E-state index in [1.165, 1.54) is 12.8 Å². The number of halogens is 3. The minimum absolute atomic E-state index is 0. The zero-order valence-corrected chi connectivity index (χ0v) is 34.5. The van der Waals surface area contributed by atoms with Crippen LogP contribution >= 0.6 is 27.5 Å². The van der Waals surface area contributed by atoms with Crippen molar-refractivity contribution >= 4 is 73.6 Å². The van der Waals surface area contributed by atoms with Crippen LogP contribution < -0.4 is 17.0 Å². The quantitative estimate of drug-likeness (QED) is 0.145. The van der Waals surface area contributed by atoms with Gasteiger partial charge in [-0.05, 0) is 109 Å². The molecule has 0 radical (unpaired) electrons. The molecular weight excluding hydrogens is 708 g/mol. The van der Waals surface area contributed by atoms with E-state index < -0.39 is 0 Å². The van der Waals surface area contributed by atoms with Crippen LogP contribution in [0.3, 0.4) is 0 Å². The molecule has 0 aromatic heterocycles. The van der Waals surface area contributed by atoms with E-state index in [9.17, 15) is 5.11 Å². The third-order valence-corrected chi connectivity index (χ3v) is 8.54. The second kappa shape index (κ2) is 28.6. The van der Waals surface area contributed by atoms with Gasteiger partial charge in [0, 0.05) is 15.8 Å². The van der Waals surface area contributed by atoms with Crippen LogP contribution in [0, 0.1) is 17.8 Å². The van der Waals surface area contributed by atoms with Crippen molar-refractivity contribution in [2.75, 3.05) is 0 Å². The largest absolute Gasteiger partial charge is 2.00 e. The average Bonchev–Trinajstić information content (AvgIpc) is 2.83. The monoisotopic (exact) mass is 770 g/mol. The van der Waals surface area contributed by atoms with Gasteiger partial charge in [0.1, 0.15) is 0 Å². The molecule has 0 aromatic rings. The summed E-state index contributed by atoms with van der Waals surface area (Å²) in [5.41, 5.74) is 0.445. The van der Waals surface area contributed by atoms with Crippen LogP contribution in [0.4, 0.5) is 0 Å². The summed E-state index contributed by atoms with van der Waals surface area (Å²) in [7, 11) is 0. The Morgan fingerprint density at radius 2 is 0.786 bits per heavy atom. The molecule has 0 aromatic carbocycles. The van der Waals surface area contributed by atoms with Crippen LogP contribution in [0.2, 0.25) is 0 Å². The second-order valence-electron chi connectivity index (χ2n) is 13.9. The van der Waals surface area contributed by atoms with Gasteiger partial charge < -0.3 is 51.8 Å². The molecule has 4 fully saturated rings. The van der Waals surface area contributed by atoms with E-state index >= 15 is 0 Å². The molecule has 0 amide bonds. The molecule has 0 bridgehead atoms. The molecule has 0 unspecified atom stereocenters. The molecule has 0 aliphatic heterocycles. The fourth-order valence-corrected chi connectivity index (χ4v) is 5.47. The van der Waals surface area contributed by atoms with Crippen LogP contribution in [0.1, 0.15) is 147 Å². The van der Waals surface area contributed by atoms with E-state index in [0.29, 0.717) is 10.2 Å². The fraction of sp³-hybridized carbons (Fsp3) is 0.969. The van der Waals surface area contributed by atoms with Crippen LogP contribution in [-0.2, 0) is 0 Å². The maximum atomic E-state index is 9.29. The number of hydrogen-bond donors (Lipinski definition) is 5. The van der Waals surface area contributed by atoms with Crippen molar-refractivity contribution in [3.05, 3.63) is 6.42 Å². The van der Waals surface area contributed by atoms with E-state index in [1.807, 2.05) is 20.8 Å². The molecule has 4 aliphatic carbocycles. The van der Waals surface area contributed by atoms with E-state index in [-0.39, 0.29) is 101 Å². The predicted molar refractivity (Wildman–Crippen MR) is 183 cm³/mol. The minimum atomic E-state index is -0.140. The van der Waals surface area contributed by atoms with Crippen molar-refractivity contribution in [3.8, 4) is 0 Å². The van der Waals surface area contributed by atoms with Gasteiger partial charge in [-0.25, -0.2) is 0 Å². The van der Waals surface area contributed by atoms with Gasteiger partial charge in [-0.1, -0.05) is 49.5 Å². The van der Waals surface area contributed by atoms with Crippen LogP contribution in [0.25, 0.3) is 0 Å². The summed E-state index contributed by atoms with van der Waals surface area (Å²) < 4.78 is 0. The average molecular weight is 774 g/mol. The van der Waals surface area contributed by atoms with Gasteiger partial charge in [0.05, 0.1) is 24.4 Å². The molecule has 4 saturated carbocycles. The molecule has 0 heterocycles. The third kappa shape index (κ3) is 33.9. The zero-order chi connectivity index (χ0) is 30.1. The Hall–Kier alpha value is 2.58. The molecule has 4 aliphatic rings. The maximum Gasteiger partial charge on any atom is 2.00 e. The Bertz CT molecular complexity index is 532. The zero-order valence-electron chi connectivity index (χ0n) is 29.7. The van der Waals surface area contributed by atoms with Gasteiger partial charge in [0.25, 0.3) is 0 Å². The Balaban J connectivity index is -0.000000102. The topological polar surface area (TPSA) is 101 Å². The molecule has 10 heteroatoms. The predicted octanol–water partition coefficient (Wildman–Crippen LogP) is 4.17. The molecule has 5 nitrogen and oxygen atoms in total. The van der Waals surface area contributed by atoms with Crippen molar-refractivity contribution < 1.29 is 45.4 Å². The number of alkyl halides is 2. The summed E-state index contributed by atoms with van der Waals surface area (Å²) in [6, 6.07) is 0. The molecule has 0 saturated heterocycles. The smallest absolute Gasteiger partial charge is 1.00 e. The van der Waals surface area contributed by atoms with Crippen molar-refractivity contribution in [2.24, 2.45) is 11.3 Å². The van der Waals surface area contributed by atoms with Crippen LogP contribution in [-0.4, -0.2) is 112 Å². The summed E-state index contributed by atoms with van der Waals surface area (Å²) in [5.74, 6) is 0.825. The van der Waals surface area contributed by atoms with Crippen molar-refractivity contribution in [3.63, 3.8) is 0 Å². The number of aliphatic hydroxyl groups is 5. The van der Waals surface area contributed by atoms with Crippen molar-refractivity contribution in [2.45, 2.75) is 184 Å². The summed E-state index contributed by atoms with van der Waals surface area (Å²) in [5, 5.41) is 45.0. The first-order valence-corrected chi connectivity index (χ1v) is 16.8. The third-order valence-electron chi connectivity index (χ3n) is 7.62. The van der Waals surface area contributed by atoms with Gasteiger partial charge in [-0.2, -0.15) is 12.8 Å². The number of hydrogen-bond acceptors (Lipinski definition) is 5. The Morgan fingerprint density at radius 1 is 0.548 bits per heavy atom.